The Morgan fingerprint density at radius 3 is 2.24 bits per heavy atom. The van der Waals surface area contributed by atoms with Crippen molar-refractivity contribution in [3.8, 4) is 11.8 Å². The van der Waals surface area contributed by atoms with E-state index >= 15 is 4.39 Å². The molecule has 3 aromatic rings. The topological polar surface area (TPSA) is 90.0 Å². The predicted molar refractivity (Wildman–Crippen MR) is 189 cm³/mol. The van der Waals surface area contributed by atoms with Gasteiger partial charge in [0, 0.05) is 18.4 Å². The van der Waals surface area contributed by atoms with E-state index in [0.29, 0.717) is 11.6 Å². The average Bonchev–Trinajstić information content (AvgIpc) is 3.01. The first-order valence-corrected chi connectivity index (χ1v) is 19.5. The number of pyridine rings is 1. The van der Waals surface area contributed by atoms with E-state index in [9.17, 15) is 22.8 Å². The summed E-state index contributed by atoms with van der Waals surface area (Å²) in [6.07, 6.45) is 0.455. The van der Waals surface area contributed by atoms with Crippen molar-refractivity contribution in [2.24, 2.45) is 0 Å². The van der Waals surface area contributed by atoms with Crippen molar-refractivity contribution in [3.05, 3.63) is 94.8 Å². The van der Waals surface area contributed by atoms with Crippen LogP contribution in [0.4, 0.5) is 28.0 Å². The quantitative estimate of drug-likeness (QED) is 0.143. The molecule has 1 aromatic heterocycles. The van der Waals surface area contributed by atoms with Gasteiger partial charge < -0.3 is 19.2 Å². The van der Waals surface area contributed by atoms with Crippen LogP contribution in [0.1, 0.15) is 70.6 Å². The maximum atomic E-state index is 15.2. The van der Waals surface area contributed by atoms with Gasteiger partial charge in [0.2, 0.25) is 5.91 Å². The highest BCUT2D eigenvalue weighted by atomic mass is 28.4. The molecule has 0 aliphatic carbocycles. The molecule has 3 atom stereocenters. The largest absolute Gasteiger partial charge is 0.444 e. The first-order valence-electron chi connectivity index (χ1n) is 16.6. The summed E-state index contributed by atoms with van der Waals surface area (Å²) in [7, 11) is -2.15. The van der Waals surface area contributed by atoms with Crippen LogP contribution in [0.15, 0.2) is 54.9 Å². The Balaban J connectivity index is 1.55. The molecule has 51 heavy (non-hydrogen) atoms. The lowest BCUT2D eigenvalue weighted by molar-refractivity contribution is -0.116. The van der Waals surface area contributed by atoms with Gasteiger partial charge in [-0.25, -0.2) is 22.4 Å². The highest BCUT2D eigenvalue weighted by Crippen LogP contribution is 2.37. The third-order valence-corrected chi connectivity index (χ3v) is 13.3. The van der Waals surface area contributed by atoms with Gasteiger partial charge >= 0.3 is 6.09 Å². The molecule has 4 rings (SSSR count). The van der Waals surface area contributed by atoms with E-state index < -0.39 is 67.3 Å². The molecule has 2 aromatic carbocycles. The van der Waals surface area contributed by atoms with Crippen molar-refractivity contribution in [3.63, 3.8) is 0 Å². The normalized spacial score (nSPS) is 17.3. The van der Waals surface area contributed by atoms with Crippen molar-refractivity contribution in [1.29, 1.82) is 0 Å². The standard InChI is InChI=1S/C38H45F4N3O5Si/c1-37(2,3)50-36(47)45-21-30(48-22-29(45)23-49-51(7,8)38(4,5)6)13-14-31-33(42)19-43-20-34(31)44-35(46)18-32(24-9-11-26(39)12-10-24)25-15-27(40)17-28(41)16-25/h9-12,15-17,19-20,29-30,32H,18,21-23H2,1-8H3,(H,44,46)/t29-,30+,32+/m0/s1. The number of morpholine rings is 1. The summed E-state index contributed by atoms with van der Waals surface area (Å²) in [6, 6.07) is 7.67. The third kappa shape index (κ3) is 10.9. The molecule has 1 aliphatic heterocycles. The van der Waals surface area contributed by atoms with E-state index in [1.54, 1.807) is 20.8 Å². The van der Waals surface area contributed by atoms with E-state index in [2.05, 4.69) is 56.0 Å². The Bertz CT molecular complexity index is 1760. The van der Waals surface area contributed by atoms with Crippen LogP contribution in [-0.2, 0) is 18.7 Å². The first-order chi connectivity index (χ1) is 23.7. The monoisotopic (exact) mass is 727 g/mol. The molecule has 8 nitrogen and oxygen atoms in total. The summed E-state index contributed by atoms with van der Waals surface area (Å²) in [4.78, 5) is 32.1. The first kappa shape index (κ1) is 39.5. The predicted octanol–water partition coefficient (Wildman–Crippen LogP) is 8.18. The number of halogens is 4. The van der Waals surface area contributed by atoms with Crippen LogP contribution in [0.25, 0.3) is 0 Å². The molecule has 0 bridgehead atoms. The Morgan fingerprint density at radius 1 is 0.980 bits per heavy atom. The van der Waals surface area contributed by atoms with Gasteiger partial charge in [0.1, 0.15) is 29.2 Å². The fourth-order valence-corrected chi connectivity index (χ4v) is 6.13. The molecular formula is C38H45F4N3O5Si. The van der Waals surface area contributed by atoms with Crippen LogP contribution < -0.4 is 5.32 Å². The van der Waals surface area contributed by atoms with Gasteiger partial charge in [-0.3, -0.25) is 14.7 Å². The highest BCUT2D eigenvalue weighted by Gasteiger charge is 2.40. The second-order valence-corrected chi connectivity index (χ2v) is 19.9. The van der Waals surface area contributed by atoms with Gasteiger partial charge in [0.25, 0.3) is 0 Å². The molecule has 0 saturated carbocycles. The summed E-state index contributed by atoms with van der Waals surface area (Å²) >= 11 is 0. The van der Waals surface area contributed by atoms with Crippen molar-refractivity contribution in [1.82, 2.24) is 9.88 Å². The average molecular weight is 728 g/mol. The number of amides is 2. The number of ether oxygens (including phenoxy) is 2. The number of benzene rings is 2. The van der Waals surface area contributed by atoms with Crippen molar-refractivity contribution in [2.75, 3.05) is 25.1 Å². The molecule has 0 unspecified atom stereocenters. The number of carbonyl (C=O) groups is 2. The van der Waals surface area contributed by atoms with Gasteiger partial charge in [-0.05, 0) is 74.3 Å². The zero-order chi connectivity index (χ0) is 37.7. The second kappa shape index (κ2) is 16.0. The summed E-state index contributed by atoms with van der Waals surface area (Å²) in [5.74, 6) is 1.10. The van der Waals surface area contributed by atoms with Gasteiger partial charge in [0.15, 0.2) is 14.1 Å². The van der Waals surface area contributed by atoms with Crippen LogP contribution >= 0.6 is 0 Å². The zero-order valence-electron chi connectivity index (χ0n) is 30.2. The fourth-order valence-electron chi connectivity index (χ4n) is 5.08. The van der Waals surface area contributed by atoms with Gasteiger partial charge in [-0.15, -0.1) is 0 Å². The summed E-state index contributed by atoms with van der Waals surface area (Å²) in [5, 5.41) is 2.56. The number of anilines is 1. The minimum atomic E-state index is -2.15. The van der Waals surface area contributed by atoms with Crippen LogP contribution in [0.2, 0.25) is 18.1 Å². The van der Waals surface area contributed by atoms with E-state index in [4.69, 9.17) is 13.9 Å². The molecule has 1 N–H and O–H groups in total. The molecular weight excluding hydrogens is 683 g/mol. The molecule has 13 heteroatoms. The minimum Gasteiger partial charge on any atom is -0.444 e. The third-order valence-electron chi connectivity index (χ3n) is 8.84. The Kier molecular flexibility index (Phi) is 12.4. The maximum absolute atomic E-state index is 15.2. The van der Waals surface area contributed by atoms with Crippen molar-refractivity contribution in [2.45, 2.75) is 89.8 Å². The number of hydrogen-bond donors (Lipinski definition) is 1. The molecule has 1 saturated heterocycles. The number of hydrogen-bond acceptors (Lipinski definition) is 6. The summed E-state index contributed by atoms with van der Waals surface area (Å²) in [6.45, 7) is 16.3. The van der Waals surface area contributed by atoms with Gasteiger partial charge in [0.05, 0.1) is 49.4 Å². The van der Waals surface area contributed by atoms with E-state index in [1.165, 1.54) is 35.4 Å². The number of carbonyl (C=O) groups excluding carboxylic acids is 2. The Labute approximate surface area is 298 Å². The van der Waals surface area contributed by atoms with Crippen molar-refractivity contribution >= 4 is 26.0 Å². The van der Waals surface area contributed by atoms with Crippen LogP contribution in [-0.4, -0.2) is 67.7 Å². The van der Waals surface area contributed by atoms with Gasteiger partial charge in [-0.1, -0.05) is 44.7 Å². The second-order valence-electron chi connectivity index (χ2n) is 15.1. The van der Waals surface area contributed by atoms with Crippen LogP contribution in [0, 0.1) is 35.1 Å². The number of nitrogens with one attached hydrogen (secondary N) is 1. The maximum Gasteiger partial charge on any atom is 0.410 e. The Morgan fingerprint density at radius 2 is 1.63 bits per heavy atom. The highest BCUT2D eigenvalue weighted by molar-refractivity contribution is 6.74. The SMILES string of the molecule is CC(C)(C)OC(=O)N1C[C@@H](C#Cc2c(F)cncc2NC(=O)C[C@H](c2ccc(F)cc2)c2cc(F)cc(F)c2)OC[C@H]1CO[Si](C)(C)C(C)(C)C. The lowest BCUT2D eigenvalue weighted by Crippen LogP contribution is -2.56. The molecule has 1 aliphatic rings. The lowest BCUT2D eigenvalue weighted by atomic mass is 9.88. The molecule has 2 amide bonds. The molecule has 0 spiro atoms. The van der Waals surface area contributed by atoms with E-state index in [-0.39, 0.29) is 48.0 Å². The summed E-state index contributed by atoms with van der Waals surface area (Å²) in [5.41, 5.74) is -0.386. The number of aromatic nitrogens is 1. The van der Waals surface area contributed by atoms with E-state index in [0.717, 1.165) is 18.3 Å². The van der Waals surface area contributed by atoms with E-state index in [1.807, 2.05) is 0 Å². The number of rotatable bonds is 8. The lowest BCUT2D eigenvalue weighted by Gasteiger charge is -2.42. The van der Waals surface area contributed by atoms with Crippen LogP contribution in [0.5, 0.6) is 0 Å². The molecule has 2 heterocycles. The zero-order valence-corrected chi connectivity index (χ0v) is 31.2. The number of nitrogens with zero attached hydrogens (tertiary/aromatic N) is 2. The summed E-state index contributed by atoms with van der Waals surface area (Å²) < 4.78 is 75.3. The molecule has 274 valence electrons. The van der Waals surface area contributed by atoms with Gasteiger partial charge in [-0.2, -0.15) is 0 Å². The fraction of sp³-hybridized carbons (Fsp3) is 0.447. The smallest absolute Gasteiger partial charge is 0.410 e. The van der Waals surface area contributed by atoms with Crippen LogP contribution in [0.3, 0.4) is 0 Å². The van der Waals surface area contributed by atoms with Crippen molar-refractivity contribution < 1.29 is 41.1 Å². The molecule has 1 fully saturated rings. The molecule has 0 radical (unpaired) electrons. The Hall–Kier alpha value is -4.25. The minimum absolute atomic E-state index is 0.0192.